The SMILES string of the molecule is O=C(O)O.O=C(O)O.O=C(O)O.O=C(O)O. The summed E-state index contributed by atoms with van der Waals surface area (Å²) in [6.45, 7) is 0. The van der Waals surface area contributed by atoms with Gasteiger partial charge in [0.2, 0.25) is 0 Å². The van der Waals surface area contributed by atoms with E-state index in [4.69, 9.17) is 60.0 Å². The Bertz CT molecular complexity index is 153. The molecule has 0 amide bonds. The zero-order chi connectivity index (χ0) is 14.3. The van der Waals surface area contributed by atoms with Crippen LogP contribution < -0.4 is 0 Å². The lowest BCUT2D eigenvalue weighted by molar-refractivity contribution is 0.135. The molecule has 0 aromatic heterocycles. The van der Waals surface area contributed by atoms with Crippen molar-refractivity contribution >= 4 is 24.6 Å². The summed E-state index contributed by atoms with van der Waals surface area (Å²) in [5.74, 6) is 0. The third kappa shape index (κ3) is 132. The molecule has 0 aromatic rings. The second-order valence-electron chi connectivity index (χ2n) is 1.13. The maximum absolute atomic E-state index is 8.56. The first-order valence-electron chi connectivity index (χ1n) is 2.61. The van der Waals surface area contributed by atoms with Crippen molar-refractivity contribution in [2.24, 2.45) is 0 Å². The number of carbonyl (C=O) groups is 4. The third-order valence-corrected chi connectivity index (χ3v) is 0. The van der Waals surface area contributed by atoms with Crippen LogP contribution in [0.4, 0.5) is 19.2 Å². The number of rotatable bonds is 0. The van der Waals surface area contributed by atoms with Gasteiger partial charge in [-0.2, -0.15) is 0 Å². The minimum absolute atomic E-state index is 1.83. The van der Waals surface area contributed by atoms with Gasteiger partial charge in [0, 0.05) is 0 Å². The monoisotopic (exact) mass is 248 g/mol. The molecule has 0 radical (unpaired) electrons. The maximum Gasteiger partial charge on any atom is 0.503 e. The second kappa shape index (κ2) is 18.0. The van der Waals surface area contributed by atoms with Crippen molar-refractivity contribution in [1.29, 1.82) is 0 Å². The van der Waals surface area contributed by atoms with Crippen LogP contribution in [0.2, 0.25) is 0 Å². The van der Waals surface area contributed by atoms with Crippen molar-refractivity contribution in [2.45, 2.75) is 0 Å². The van der Waals surface area contributed by atoms with Crippen LogP contribution >= 0.6 is 0 Å². The zero-order valence-corrected chi connectivity index (χ0v) is 7.21. The number of hydrogen-bond donors (Lipinski definition) is 8. The molecule has 0 bridgehead atoms. The Labute approximate surface area is 85.9 Å². The highest BCUT2D eigenvalue weighted by atomic mass is 16.6. The molecular formula is C4H8O12. The highest BCUT2D eigenvalue weighted by Gasteiger charge is 1.71. The number of hydrogen-bond acceptors (Lipinski definition) is 4. The van der Waals surface area contributed by atoms with Gasteiger partial charge in [-0.25, -0.2) is 19.2 Å². The number of carboxylic acid groups (broad SMARTS) is 8. The summed E-state index contributed by atoms with van der Waals surface area (Å²) in [4.78, 5) is 34.2. The summed E-state index contributed by atoms with van der Waals surface area (Å²) >= 11 is 0. The van der Waals surface area contributed by atoms with E-state index in [0.29, 0.717) is 0 Å². The Kier molecular flexibility index (Phi) is 26.0. The Balaban J connectivity index is -0.0000000600. The van der Waals surface area contributed by atoms with E-state index in [1.54, 1.807) is 0 Å². The molecular weight excluding hydrogens is 240 g/mol. The molecule has 12 heteroatoms. The van der Waals surface area contributed by atoms with Gasteiger partial charge in [0.15, 0.2) is 0 Å². The largest absolute Gasteiger partial charge is 0.503 e. The Hall–Kier alpha value is -2.92. The van der Waals surface area contributed by atoms with Gasteiger partial charge in [-0.05, 0) is 0 Å². The molecule has 0 aliphatic carbocycles. The molecule has 0 aromatic carbocycles. The van der Waals surface area contributed by atoms with Gasteiger partial charge in [-0.1, -0.05) is 0 Å². The predicted octanol–water partition coefficient (Wildman–Crippen LogP) is 0.890. The molecule has 0 saturated carbocycles. The van der Waals surface area contributed by atoms with Crippen LogP contribution in [0.3, 0.4) is 0 Å². The molecule has 0 heterocycles. The Morgan fingerprint density at radius 3 is 0.375 bits per heavy atom. The summed E-state index contributed by atoms with van der Waals surface area (Å²) in [5, 5.41) is 55.8. The fraction of sp³-hybridized carbons (Fsp3) is 0. The summed E-state index contributed by atoms with van der Waals surface area (Å²) < 4.78 is 0. The van der Waals surface area contributed by atoms with Crippen LogP contribution in [0, 0.1) is 0 Å². The molecule has 0 aliphatic rings. The molecule has 0 saturated heterocycles. The van der Waals surface area contributed by atoms with Gasteiger partial charge >= 0.3 is 24.6 Å². The molecule has 16 heavy (non-hydrogen) atoms. The van der Waals surface area contributed by atoms with E-state index >= 15 is 0 Å². The lowest BCUT2D eigenvalue weighted by atomic mass is 11.5. The van der Waals surface area contributed by atoms with Crippen molar-refractivity contribution in [2.75, 3.05) is 0 Å². The van der Waals surface area contributed by atoms with Gasteiger partial charge in [-0.15, -0.1) is 0 Å². The summed E-state index contributed by atoms with van der Waals surface area (Å²) in [7, 11) is 0. The van der Waals surface area contributed by atoms with Gasteiger partial charge in [0.05, 0.1) is 0 Å². The van der Waals surface area contributed by atoms with E-state index in [0.717, 1.165) is 0 Å². The van der Waals surface area contributed by atoms with Gasteiger partial charge in [0.25, 0.3) is 0 Å². The van der Waals surface area contributed by atoms with Crippen molar-refractivity contribution in [3.8, 4) is 0 Å². The van der Waals surface area contributed by atoms with E-state index in [2.05, 4.69) is 0 Å². The van der Waals surface area contributed by atoms with Crippen LogP contribution in [-0.2, 0) is 0 Å². The lowest BCUT2D eigenvalue weighted by Gasteiger charge is -1.60. The fourth-order valence-corrected chi connectivity index (χ4v) is 0. The minimum atomic E-state index is -1.83. The molecule has 12 nitrogen and oxygen atoms in total. The molecule has 0 atom stereocenters. The summed E-state index contributed by atoms with van der Waals surface area (Å²) in [5.41, 5.74) is 0. The second-order valence-corrected chi connectivity index (χ2v) is 1.13. The van der Waals surface area contributed by atoms with Crippen molar-refractivity contribution in [3.05, 3.63) is 0 Å². The first-order valence-corrected chi connectivity index (χ1v) is 2.61. The van der Waals surface area contributed by atoms with Crippen LogP contribution in [0.1, 0.15) is 0 Å². The quantitative estimate of drug-likeness (QED) is 0.298. The summed E-state index contributed by atoms with van der Waals surface area (Å²) in [6, 6.07) is 0. The molecule has 0 rings (SSSR count). The van der Waals surface area contributed by atoms with E-state index in [9.17, 15) is 0 Å². The Morgan fingerprint density at radius 2 is 0.375 bits per heavy atom. The lowest BCUT2D eigenvalue weighted by Crippen LogP contribution is -1.81. The maximum atomic E-state index is 8.56. The van der Waals surface area contributed by atoms with Crippen molar-refractivity contribution in [3.63, 3.8) is 0 Å². The molecule has 0 aliphatic heterocycles. The van der Waals surface area contributed by atoms with Crippen molar-refractivity contribution < 1.29 is 60.0 Å². The first kappa shape index (κ1) is 23.2. The van der Waals surface area contributed by atoms with E-state index < -0.39 is 24.6 Å². The molecule has 8 N–H and O–H groups in total. The minimum Gasteiger partial charge on any atom is -0.450 e. The standard InChI is InChI=1S/4CH2O3/c4*2-1(3)4/h4*(H2,2,3,4). The molecule has 0 unspecified atom stereocenters. The average Bonchev–Trinajstić information content (AvgIpc) is 1.76. The predicted molar refractivity (Wildman–Crippen MR) is 42.6 cm³/mol. The van der Waals surface area contributed by atoms with Crippen molar-refractivity contribution in [1.82, 2.24) is 0 Å². The molecule has 0 fully saturated rings. The van der Waals surface area contributed by atoms with Gasteiger partial charge < -0.3 is 40.9 Å². The molecule has 96 valence electrons. The molecule has 0 spiro atoms. The first-order chi connectivity index (χ1) is 6.93. The van der Waals surface area contributed by atoms with Crippen LogP contribution in [0.15, 0.2) is 0 Å². The average molecular weight is 248 g/mol. The van der Waals surface area contributed by atoms with Gasteiger partial charge in [-0.3, -0.25) is 0 Å². The van der Waals surface area contributed by atoms with E-state index in [1.807, 2.05) is 0 Å². The highest BCUT2D eigenvalue weighted by Crippen LogP contribution is 1.43. The topological polar surface area (TPSA) is 230 Å². The highest BCUT2D eigenvalue weighted by molar-refractivity contribution is 5.54. The summed E-state index contributed by atoms with van der Waals surface area (Å²) in [6.07, 6.45) is -7.33. The van der Waals surface area contributed by atoms with Gasteiger partial charge in [0.1, 0.15) is 0 Å². The van der Waals surface area contributed by atoms with Crippen LogP contribution in [0.25, 0.3) is 0 Å². The van der Waals surface area contributed by atoms with E-state index in [1.165, 1.54) is 0 Å². The third-order valence-electron chi connectivity index (χ3n) is 0. The van der Waals surface area contributed by atoms with Crippen LogP contribution in [-0.4, -0.2) is 65.5 Å². The Morgan fingerprint density at radius 1 is 0.375 bits per heavy atom. The van der Waals surface area contributed by atoms with Crippen LogP contribution in [0.5, 0.6) is 0 Å². The normalized spacial score (nSPS) is 6.00. The fourth-order valence-electron chi connectivity index (χ4n) is 0. The zero-order valence-electron chi connectivity index (χ0n) is 7.21. The van der Waals surface area contributed by atoms with E-state index in [-0.39, 0.29) is 0 Å². The smallest absolute Gasteiger partial charge is 0.450 e.